The van der Waals surface area contributed by atoms with Crippen molar-refractivity contribution in [1.82, 2.24) is 9.88 Å². The van der Waals surface area contributed by atoms with Crippen LogP contribution in [0.1, 0.15) is 15.2 Å². The van der Waals surface area contributed by atoms with Gasteiger partial charge in [-0.05, 0) is 29.5 Å². The minimum atomic E-state index is 0.0141. The fourth-order valence-corrected chi connectivity index (χ4v) is 3.07. The molecule has 0 aliphatic carbocycles. The topological polar surface area (TPSA) is 34.0 Å². The maximum absolute atomic E-state index is 11.9. The number of fused-ring (bicyclic) bond motifs is 1. The number of aryl methyl sites for hydroxylation is 1. The number of benzene rings is 1. The highest BCUT2D eigenvalue weighted by molar-refractivity contribution is 7.12. The van der Waals surface area contributed by atoms with E-state index >= 15 is 0 Å². The molecule has 20 heavy (non-hydrogen) atoms. The van der Waals surface area contributed by atoms with E-state index in [4.69, 9.17) is 0 Å². The largest absolute Gasteiger partial charge is 0.351 e. The Morgan fingerprint density at radius 1 is 1.25 bits per heavy atom. The Hall–Kier alpha value is -2.07. The van der Waals surface area contributed by atoms with Crippen molar-refractivity contribution in [2.75, 3.05) is 6.54 Å². The van der Waals surface area contributed by atoms with Gasteiger partial charge in [-0.2, -0.15) is 0 Å². The molecule has 1 amide bonds. The van der Waals surface area contributed by atoms with Crippen LogP contribution in [0.2, 0.25) is 0 Å². The van der Waals surface area contributed by atoms with E-state index in [0.717, 1.165) is 11.3 Å². The fraction of sp³-hybridized carbons (Fsp3) is 0.188. The van der Waals surface area contributed by atoms with Crippen LogP contribution in [0, 0.1) is 0 Å². The highest BCUT2D eigenvalue weighted by Crippen LogP contribution is 2.20. The van der Waals surface area contributed by atoms with Gasteiger partial charge in [-0.1, -0.05) is 24.3 Å². The third-order valence-corrected chi connectivity index (χ3v) is 4.27. The second-order valence-electron chi connectivity index (χ2n) is 4.77. The maximum Gasteiger partial charge on any atom is 0.261 e. The van der Waals surface area contributed by atoms with E-state index in [2.05, 4.69) is 41.3 Å². The van der Waals surface area contributed by atoms with Crippen LogP contribution in [0.4, 0.5) is 0 Å². The average Bonchev–Trinajstić information content (AvgIpc) is 3.09. The summed E-state index contributed by atoms with van der Waals surface area (Å²) in [5.74, 6) is 0.0141. The molecule has 1 aromatic carbocycles. The van der Waals surface area contributed by atoms with Gasteiger partial charge in [0.15, 0.2) is 0 Å². The van der Waals surface area contributed by atoms with Crippen LogP contribution >= 0.6 is 11.3 Å². The third-order valence-electron chi connectivity index (χ3n) is 3.40. The first-order valence-electron chi connectivity index (χ1n) is 6.60. The second-order valence-corrected chi connectivity index (χ2v) is 5.71. The number of hydrogen-bond acceptors (Lipinski definition) is 2. The molecular weight excluding hydrogens is 268 g/mol. The van der Waals surface area contributed by atoms with E-state index in [1.54, 1.807) is 0 Å². The number of aromatic nitrogens is 1. The lowest BCUT2D eigenvalue weighted by molar-refractivity contribution is 0.0958. The fourth-order valence-electron chi connectivity index (χ4n) is 2.43. The van der Waals surface area contributed by atoms with Gasteiger partial charge in [0, 0.05) is 30.7 Å². The number of rotatable bonds is 4. The van der Waals surface area contributed by atoms with Crippen LogP contribution in [-0.2, 0) is 13.5 Å². The first-order chi connectivity index (χ1) is 9.75. The summed E-state index contributed by atoms with van der Waals surface area (Å²) < 4.78 is 2.13. The summed E-state index contributed by atoms with van der Waals surface area (Å²) in [5.41, 5.74) is 2.50. The molecule has 0 bridgehead atoms. The Bertz CT molecular complexity index is 728. The van der Waals surface area contributed by atoms with Gasteiger partial charge in [0.25, 0.3) is 5.91 Å². The SMILES string of the molecule is Cn1cc(CCNC(=O)c2cccs2)c2ccccc21. The molecule has 102 valence electrons. The summed E-state index contributed by atoms with van der Waals surface area (Å²) in [5, 5.41) is 6.15. The van der Waals surface area contributed by atoms with Crippen molar-refractivity contribution in [2.24, 2.45) is 7.05 Å². The Labute approximate surface area is 121 Å². The molecule has 0 spiro atoms. The number of carbonyl (C=O) groups is 1. The summed E-state index contributed by atoms with van der Waals surface area (Å²) in [6, 6.07) is 12.1. The summed E-state index contributed by atoms with van der Waals surface area (Å²) in [6.07, 6.45) is 2.99. The zero-order valence-corrected chi connectivity index (χ0v) is 12.1. The molecule has 2 heterocycles. The van der Waals surface area contributed by atoms with Crippen molar-refractivity contribution in [2.45, 2.75) is 6.42 Å². The number of nitrogens with one attached hydrogen (secondary N) is 1. The van der Waals surface area contributed by atoms with Crippen molar-refractivity contribution in [1.29, 1.82) is 0 Å². The highest BCUT2D eigenvalue weighted by atomic mass is 32.1. The molecule has 0 saturated heterocycles. The Morgan fingerprint density at radius 2 is 2.10 bits per heavy atom. The first-order valence-corrected chi connectivity index (χ1v) is 7.48. The smallest absolute Gasteiger partial charge is 0.261 e. The van der Waals surface area contributed by atoms with Crippen LogP contribution < -0.4 is 5.32 Å². The molecule has 0 aliphatic heterocycles. The summed E-state index contributed by atoms with van der Waals surface area (Å²) in [4.78, 5) is 12.6. The number of thiophene rings is 1. The van der Waals surface area contributed by atoms with E-state index in [1.165, 1.54) is 27.8 Å². The van der Waals surface area contributed by atoms with Crippen molar-refractivity contribution in [3.8, 4) is 0 Å². The number of carbonyl (C=O) groups excluding carboxylic acids is 1. The average molecular weight is 284 g/mol. The van der Waals surface area contributed by atoms with Gasteiger partial charge in [-0.25, -0.2) is 0 Å². The molecule has 3 aromatic rings. The van der Waals surface area contributed by atoms with E-state index in [1.807, 2.05) is 23.6 Å². The molecule has 3 nitrogen and oxygen atoms in total. The van der Waals surface area contributed by atoms with Crippen molar-refractivity contribution < 1.29 is 4.79 Å². The zero-order valence-electron chi connectivity index (χ0n) is 11.3. The van der Waals surface area contributed by atoms with E-state index in [0.29, 0.717) is 6.54 Å². The molecule has 0 aliphatic rings. The standard InChI is InChI=1S/C16H16N2OS/c1-18-11-12(13-5-2-3-6-14(13)18)8-9-17-16(19)15-7-4-10-20-15/h2-7,10-11H,8-9H2,1H3,(H,17,19). The van der Waals surface area contributed by atoms with E-state index in [9.17, 15) is 4.79 Å². The lowest BCUT2D eigenvalue weighted by atomic mass is 10.1. The van der Waals surface area contributed by atoms with Crippen LogP contribution in [-0.4, -0.2) is 17.0 Å². The zero-order chi connectivity index (χ0) is 13.9. The van der Waals surface area contributed by atoms with Gasteiger partial charge in [0.05, 0.1) is 4.88 Å². The van der Waals surface area contributed by atoms with Gasteiger partial charge in [-0.3, -0.25) is 4.79 Å². The lowest BCUT2D eigenvalue weighted by Crippen LogP contribution is -2.24. The number of hydrogen-bond donors (Lipinski definition) is 1. The van der Waals surface area contributed by atoms with Crippen molar-refractivity contribution >= 4 is 28.1 Å². The van der Waals surface area contributed by atoms with Crippen LogP contribution in [0.25, 0.3) is 10.9 Å². The summed E-state index contributed by atoms with van der Waals surface area (Å²) in [6.45, 7) is 0.657. The molecule has 0 unspecified atom stereocenters. The Balaban J connectivity index is 1.67. The normalized spacial score (nSPS) is 10.8. The van der Waals surface area contributed by atoms with Gasteiger partial charge in [0.2, 0.25) is 0 Å². The predicted octanol–water partition coefficient (Wildman–Crippen LogP) is 3.21. The molecule has 4 heteroatoms. The minimum Gasteiger partial charge on any atom is -0.351 e. The Kier molecular flexibility index (Phi) is 3.56. The van der Waals surface area contributed by atoms with E-state index in [-0.39, 0.29) is 5.91 Å². The number of nitrogens with zero attached hydrogens (tertiary/aromatic N) is 1. The van der Waals surface area contributed by atoms with Gasteiger partial charge >= 0.3 is 0 Å². The summed E-state index contributed by atoms with van der Waals surface area (Å²) >= 11 is 1.47. The molecule has 0 atom stereocenters. The molecule has 3 rings (SSSR count). The number of para-hydroxylation sites is 1. The van der Waals surface area contributed by atoms with Gasteiger partial charge < -0.3 is 9.88 Å². The van der Waals surface area contributed by atoms with Crippen molar-refractivity contribution in [3.63, 3.8) is 0 Å². The number of amides is 1. The molecule has 0 fully saturated rings. The molecular formula is C16H16N2OS. The van der Waals surface area contributed by atoms with Gasteiger partial charge in [-0.15, -0.1) is 11.3 Å². The van der Waals surface area contributed by atoms with Crippen LogP contribution in [0.3, 0.4) is 0 Å². The minimum absolute atomic E-state index is 0.0141. The monoisotopic (exact) mass is 284 g/mol. The second kappa shape index (κ2) is 5.51. The summed E-state index contributed by atoms with van der Waals surface area (Å²) in [7, 11) is 2.05. The molecule has 2 aromatic heterocycles. The Morgan fingerprint density at radius 3 is 2.90 bits per heavy atom. The molecule has 0 saturated carbocycles. The molecule has 0 radical (unpaired) electrons. The van der Waals surface area contributed by atoms with Crippen LogP contribution in [0.5, 0.6) is 0 Å². The predicted molar refractivity (Wildman–Crippen MR) is 83.3 cm³/mol. The maximum atomic E-state index is 11.9. The quantitative estimate of drug-likeness (QED) is 0.784. The highest BCUT2D eigenvalue weighted by Gasteiger charge is 2.08. The third kappa shape index (κ3) is 2.47. The van der Waals surface area contributed by atoms with E-state index < -0.39 is 0 Å². The van der Waals surface area contributed by atoms with Crippen molar-refractivity contribution in [3.05, 3.63) is 58.4 Å². The van der Waals surface area contributed by atoms with Gasteiger partial charge in [0.1, 0.15) is 0 Å². The van der Waals surface area contributed by atoms with Crippen LogP contribution in [0.15, 0.2) is 48.0 Å². The lowest BCUT2D eigenvalue weighted by Gasteiger charge is -2.02. The first kappa shape index (κ1) is 12.9. The molecule has 1 N–H and O–H groups in total.